The molecule has 0 aliphatic heterocycles. The molecule has 0 saturated heterocycles. The van der Waals surface area contributed by atoms with Gasteiger partial charge in [-0.2, -0.15) is 4.98 Å². The molecule has 0 aliphatic carbocycles. The number of pyridine rings is 1. The maximum absolute atomic E-state index is 5.62. The molecule has 1 heterocycles. The van der Waals surface area contributed by atoms with Crippen molar-refractivity contribution in [3.63, 3.8) is 0 Å². The van der Waals surface area contributed by atoms with Crippen molar-refractivity contribution in [2.24, 2.45) is 5.73 Å². The molecule has 1 aromatic heterocycles. The molecule has 3 N–H and O–H groups in total. The summed E-state index contributed by atoms with van der Waals surface area (Å²) in [5.74, 6) is 1.39. The van der Waals surface area contributed by atoms with Gasteiger partial charge in [-0.25, -0.2) is 0 Å². The van der Waals surface area contributed by atoms with Crippen molar-refractivity contribution >= 4 is 23.9 Å². The van der Waals surface area contributed by atoms with Gasteiger partial charge in [0.05, 0.1) is 7.11 Å². The normalized spacial score (nSPS) is 9.63. The summed E-state index contributed by atoms with van der Waals surface area (Å²) in [7, 11) is 1.61. The lowest BCUT2D eigenvalue weighted by Crippen LogP contribution is -2.00. The average molecular weight is 280 g/mol. The molecule has 0 spiro atoms. The fourth-order valence-electron chi connectivity index (χ4n) is 1.66. The quantitative estimate of drug-likeness (QED) is 0.903. The maximum atomic E-state index is 5.62. The Hall–Kier alpha value is -1.78. The Morgan fingerprint density at radius 2 is 2.05 bits per heavy atom. The van der Waals surface area contributed by atoms with Gasteiger partial charge in [0, 0.05) is 18.3 Å². The number of aryl methyl sites for hydroxylation is 1. The van der Waals surface area contributed by atoms with Crippen LogP contribution in [0.3, 0.4) is 0 Å². The van der Waals surface area contributed by atoms with Crippen LogP contribution in [-0.4, -0.2) is 12.1 Å². The van der Waals surface area contributed by atoms with Crippen LogP contribution in [0, 0.1) is 6.92 Å². The molecule has 4 nitrogen and oxygen atoms in total. The SMILES string of the molecule is COc1ccc(C)c(Nc2cccc(CN)c2)n1.Cl. The van der Waals surface area contributed by atoms with E-state index >= 15 is 0 Å². The lowest BCUT2D eigenvalue weighted by Gasteiger charge is -2.10. The van der Waals surface area contributed by atoms with E-state index in [2.05, 4.69) is 10.3 Å². The maximum Gasteiger partial charge on any atom is 0.214 e. The minimum atomic E-state index is 0. The van der Waals surface area contributed by atoms with Gasteiger partial charge in [0.1, 0.15) is 5.82 Å². The molecule has 0 atom stereocenters. The van der Waals surface area contributed by atoms with E-state index in [0.717, 1.165) is 22.6 Å². The fraction of sp³-hybridized carbons (Fsp3) is 0.214. The first-order valence-corrected chi connectivity index (χ1v) is 5.80. The molecular weight excluding hydrogens is 262 g/mol. The van der Waals surface area contributed by atoms with Gasteiger partial charge in [-0.1, -0.05) is 18.2 Å². The average Bonchev–Trinajstić information content (AvgIpc) is 2.41. The predicted molar refractivity (Wildman–Crippen MR) is 80.4 cm³/mol. The number of ether oxygens (including phenoxy) is 1. The molecule has 0 bridgehead atoms. The highest BCUT2D eigenvalue weighted by atomic mass is 35.5. The number of halogens is 1. The number of rotatable bonds is 4. The number of hydrogen-bond acceptors (Lipinski definition) is 4. The van der Waals surface area contributed by atoms with Crippen LogP contribution in [0.4, 0.5) is 11.5 Å². The Morgan fingerprint density at radius 1 is 1.26 bits per heavy atom. The van der Waals surface area contributed by atoms with E-state index in [-0.39, 0.29) is 12.4 Å². The van der Waals surface area contributed by atoms with Crippen LogP contribution in [0.15, 0.2) is 36.4 Å². The van der Waals surface area contributed by atoms with Crippen molar-refractivity contribution in [1.29, 1.82) is 0 Å². The molecule has 0 fully saturated rings. The van der Waals surface area contributed by atoms with Gasteiger partial charge in [-0.15, -0.1) is 12.4 Å². The second kappa shape index (κ2) is 6.97. The van der Waals surface area contributed by atoms with Crippen molar-refractivity contribution in [1.82, 2.24) is 4.98 Å². The lowest BCUT2D eigenvalue weighted by atomic mass is 10.2. The number of nitrogens with zero attached hydrogens (tertiary/aromatic N) is 1. The van der Waals surface area contributed by atoms with Gasteiger partial charge in [0.2, 0.25) is 5.88 Å². The summed E-state index contributed by atoms with van der Waals surface area (Å²) in [5, 5.41) is 3.27. The van der Waals surface area contributed by atoms with Crippen LogP contribution in [-0.2, 0) is 6.54 Å². The Bertz CT molecular complexity index is 546. The van der Waals surface area contributed by atoms with E-state index < -0.39 is 0 Å². The monoisotopic (exact) mass is 279 g/mol. The molecule has 2 aromatic rings. The Labute approximate surface area is 119 Å². The third-order valence-electron chi connectivity index (χ3n) is 2.71. The first-order chi connectivity index (χ1) is 8.72. The van der Waals surface area contributed by atoms with E-state index in [1.807, 2.05) is 43.3 Å². The van der Waals surface area contributed by atoms with Crippen LogP contribution >= 0.6 is 12.4 Å². The summed E-state index contributed by atoms with van der Waals surface area (Å²) < 4.78 is 5.12. The van der Waals surface area contributed by atoms with Gasteiger partial charge >= 0.3 is 0 Å². The first kappa shape index (κ1) is 15.3. The van der Waals surface area contributed by atoms with Gasteiger partial charge in [-0.05, 0) is 30.2 Å². The van der Waals surface area contributed by atoms with Crippen molar-refractivity contribution in [2.45, 2.75) is 13.5 Å². The van der Waals surface area contributed by atoms with Crippen LogP contribution in [0.25, 0.3) is 0 Å². The number of anilines is 2. The van der Waals surface area contributed by atoms with Crippen LogP contribution in [0.5, 0.6) is 5.88 Å². The molecule has 0 unspecified atom stereocenters. The van der Waals surface area contributed by atoms with Gasteiger partial charge < -0.3 is 15.8 Å². The summed E-state index contributed by atoms with van der Waals surface area (Å²) in [6, 6.07) is 11.8. The second-order valence-electron chi connectivity index (χ2n) is 4.05. The van der Waals surface area contributed by atoms with Crippen molar-refractivity contribution < 1.29 is 4.74 Å². The van der Waals surface area contributed by atoms with Crippen molar-refractivity contribution in [3.8, 4) is 5.88 Å². The van der Waals surface area contributed by atoms with E-state index in [4.69, 9.17) is 10.5 Å². The largest absolute Gasteiger partial charge is 0.481 e. The summed E-state index contributed by atoms with van der Waals surface area (Å²) in [5.41, 5.74) is 8.75. The second-order valence-corrected chi connectivity index (χ2v) is 4.05. The minimum absolute atomic E-state index is 0. The van der Waals surface area contributed by atoms with Gasteiger partial charge in [0.15, 0.2) is 0 Å². The van der Waals surface area contributed by atoms with E-state index in [9.17, 15) is 0 Å². The Morgan fingerprint density at radius 3 is 2.74 bits per heavy atom. The third kappa shape index (κ3) is 3.84. The van der Waals surface area contributed by atoms with Crippen molar-refractivity contribution in [2.75, 3.05) is 12.4 Å². The molecule has 0 saturated carbocycles. The number of nitrogens with two attached hydrogens (primary N) is 1. The molecule has 1 aromatic carbocycles. The predicted octanol–water partition coefficient (Wildman–Crippen LogP) is 3.02. The molecule has 19 heavy (non-hydrogen) atoms. The molecular formula is C14H18ClN3O. The molecule has 2 rings (SSSR count). The van der Waals surface area contributed by atoms with E-state index in [1.54, 1.807) is 7.11 Å². The number of nitrogens with one attached hydrogen (secondary N) is 1. The molecule has 0 amide bonds. The number of hydrogen-bond donors (Lipinski definition) is 2. The Kier molecular flexibility index (Phi) is 5.60. The van der Waals surface area contributed by atoms with E-state index in [1.165, 1.54) is 0 Å². The highest BCUT2D eigenvalue weighted by molar-refractivity contribution is 5.85. The molecule has 0 aliphatic rings. The number of benzene rings is 1. The van der Waals surface area contributed by atoms with Gasteiger partial charge in [0.25, 0.3) is 0 Å². The third-order valence-corrected chi connectivity index (χ3v) is 2.71. The molecule has 102 valence electrons. The molecule has 5 heteroatoms. The summed E-state index contributed by atoms with van der Waals surface area (Å²) in [6.45, 7) is 2.53. The highest BCUT2D eigenvalue weighted by Gasteiger charge is 2.03. The topological polar surface area (TPSA) is 60.2 Å². The Balaban J connectivity index is 0.00000180. The zero-order valence-electron chi connectivity index (χ0n) is 11.0. The number of aromatic nitrogens is 1. The van der Waals surface area contributed by atoms with Gasteiger partial charge in [-0.3, -0.25) is 0 Å². The summed E-state index contributed by atoms with van der Waals surface area (Å²) in [6.07, 6.45) is 0. The summed E-state index contributed by atoms with van der Waals surface area (Å²) in [4.78, 5) is 4.38. The first-order valence-electron chi connectivity index (χ1n) is 5.80. The summed E-state index contributed by atoms with van der Waals surface area (Å²) >= 11 is 0. The standard InChI is InChI=1S/C14H17N3O.ClH/c1-10-6-7-13(18-2)17-14(10)16-12-5-3-4-11(8-12)9-15;/h3-8H,9,15H2,1-2H3,(H,16,17);1H. The molecule has 0 radical (unpaired) electrons. The highest BCUT2D eigenvalue weighted by Crippen LogP contribution is 2.21. The van der Waals surface area contributed by atoms with Crippen LogP contribution in [0.1, 0.15) is 11.1 Å². The minimum Gasteiger partial charge on any atom is -0.481 e. The fourth-order valence-corrected chi connectivity index (χ4v) is 1.66. The van der Waals surface area contributed by atoms with Crippen LogP contribution in [0.2, 0.25) is 0 Å². The lowest BCUT2D eigenvalue weighted by molar-refractivity contribution is 0.398. The van der Waals surface area contributed by atoms with Crippen molar-refractivity contribution in [3.05, 3.63) is 47.5 Å². The smallest absolute Gasteiger partial charge is 0.214 e. The van der Waals surface area contributed by atoms with Crippen LogP contribution < -0.4 is 15.8 Å². The zero-order chi connectivity index (χ0) is 13.0. The number of methoxy groups -OCH3 is 1. The zero-order valence-corrected chi connectivity index (χ0v) is 11.8. The van der Waals surface area contributed by atoms with E-state index in [0.29, 0.717) is 12.4 Å².